The highest BCUT2D eigenvalue weighted by molar-refractivity contribution is 6.16. The fourth-order valence-corrected chi connectivity index (χ4v) is 1.66. The van der Waals surface area contributed by atoms with Crippen molar-refractivity contribution in [2.24, 2.45) is 5.92 Å². The van der Waals surface area contributed by atoms with Crippen molar-refractivity contribution in [3.05, 3.63) is 12.2 Å². The summed E-state index contributed by atoms with van der Waals surface area (Å²) in [5, 5.41) is 7.85. The lowest BCUT2D eigenvalue weighted by atomic mass is 10.1. The minimum absolute atomic E-state index is 0.258. The summed E-state index contributed by atoms with van der Waals surface area (Å²) < 4.78 is 7.47. The first-order valence-corrected chi connectivity index (χ1v) is 5.76. The molecule has 0 N–H and O–H groups in total. The highest BCUT2D eigenvalue weighted by Crippen LogP contribution is 2.19. The van der Waals surface area contributed by atoms with E-state index in [1.54, 1.807) is 6.33 Å². The molecule has 0 radical (unpaired) electrons. The van der Waals surface area contributed by atoms with E-state index in [9.17, 15) is 0 Å². The van der Waals surface area contributed by atoms with Crippen LogP contribution >= 0.6 is 11.6 Å². The molecule has 0 spiro atoms. The van der Waals surface area contributed by atoms with E-state index < -0.39 is 0 Å². The number of hydrogen-bond acceptors (Lipinski definition) is 3. The average Bonchev–Trinajstić information content (AvgIpc) is 2.66. The molecule has 1 atom stereocenters. The van der Waals surface area contributed by atoms with Gasteiger partial charge >= 0.3 is 0 Å². The van der Waals surface area contributed by atoms with Gasteiger partial charge in [0.2, 0.25) is 0 Å². The van der Waals surface area contributed by atoms with Crippen molar-refractivity contribution in [2.75, 3.05) is 13.2 Å². The summed E-state index contributed by atoms with van der Waals surface area (Å²) in [7, 11) is 0. The Hall–Kier alpha value is -0.610. The van der Waals surface area contributed by atoms with E-state index in [1.165, 1.54) is 0 Å². The van der Waals surface area contributed by atoms with Gasteiger partial charge < -0.3 is 9.30 Å². The van der Waals surface area contributed by atoms with Gasteiger partial charge in [-0.15, -0.1) is 21.8 Å². The van der Waals surface area contributed by atoms with E-state index in [0.29, 0.717) is 18.4 Å². The molecule has 86 valence electrons. The summed E-state index contributed by atoms with van der Waals surface area (Å²) in [5.41, 5.74) is 0. The molecule has 1 heterocycles. The van der Waals surface area contributed by atoms with Crippen LogP contribution in [0.3, 0.4) is 0 Å². The van der Waals surface area contributed by atoms with E-state index in [2.05, 4.69) is 24.0 Å². The van der Waals surface area contributed by atoms with Crippen LogP contribution in [-0.4, -0.2) is 28.0 Å². The second-order valence-electron chi connectivity index (χ2n) is 3.76. The predicted octanol–water partition coefficient (Wildman–Crippen LogP) is 2.25. The Labute approximate surface area is 95.6 Å². The maximum Gasteiger partial charge on any atom is 0.148 e. The summed E-state index contributed by atoms with van der Waals surface area (Å²) in [4.78, 5) is 0. The number of nitrogens with zero attached hydrogens (tertiary/aromatic N) is 3. The molecule has 1 aromatic rings. The Morgan fingerprint density at radius 3 is 2.80 bits per heavy atom. The molecule has 0 fully saturated rings. The summed E-state index contributed by atoms with van der Waals surface area (Å²) in [6.45, 7) is 7.70. The number of alkyl halides is 1. The Kier molecular flexibility index (Phi) is 5.05. The molecule has 0 amide bonds. The number of hydrogen-bond donors (Lipinski definition) is 0. The summed E-state index contributed by atoms with van der Waals surface area (Å²) >= 11 is 5.79. The topological polar surface area (TPSA) is 39.9 Å². The minimum atomic E-state index is 0.258. The van der Waals surface area contributed by atoms with Gasteiger partial charge in [0, 0.05) is 6.61 Å². The Balaban J connectivity index is 2.78. The van der Waals surface area contributed by atoms with Gasteiger partial charge in [0.15, 0.2) is 0 Å². The number of ether oxygens (including phenoxy) is 1. The lowest BCUT2D eigenvalue weighted by Crippen LogP contribution is -2.22. The molecule has 1 rings (SSSR count). The van der Waals surface area contributed by atoms with Crippen molar-refractivity contribution in [1.82, 2.24) is 14.8 Å². The summed E-state index contributed by atoms with van der Waals surface area (Å²) in [6.07, 6.45) is 1.72. The summed E-state index contributed by atoms with van der Waals surface area (Å²) in [6, 6.07) is 0.258. The van der Waals surface area contributed by atoms with Crippen molar-refractivity contribution in [1.29, 1.82) is 0 Å². The monoisotopic (exact) mass is 231 g/mol. The van der Waals surface area contributed by atoms with Crippen molar-refractivity contribution < 1.29 is 4.74 Å². The van der Waals surface area contributed by atoms with Crippen molar-refractivity contribution in [2.45, 2.75) is 32.7 Å². The minimum Gasteiger partial charge on any atom is -0.380 e. The maximum atomic E-state index is 5.79. The van der Waals surface area contributed by atoms with Crippen molar-refractivity contribution >= 4 is 11.6 Å². The fourth-order valence-electron chi connectivity index (χ4n) is 1.47. The zero-order chi connectivity index (χ0) is 11.3. The third-order valence-electron chi connectivity index (χ3n) is 2.39. The third kappa shape index (κ3) is 3.18. The van der Waals surface area contributed by atoms with Gasteiger partial charge in [-0.05, 0) is 12.8 Å². The molecule has 15 heavy (non-hydrogen) atoms. The highest BCUT2D eigenvalue weighted by atomic mass is 35.5. The Bertz CT molecular complexity index is 288. The molecule has 0 aliphatic rings. The zero-order valence-electron chi connectivity index (χ0n) is 9.48. The molecule has 5 heteroatoms. The van der Waals surface area contributed by atoms with Crippen LogP contribution in [0, 0.1) is 5.92 Å². The van der Waals surface area contributed by atoms with Gasteiger partial charge in [-0.2, -0.15) is 0 Å². The van der Waals surface area contributed by atoms with E-state index in [4.69, 9.17) is 16.3 Å². The molecule has 0 saturated heterocycles. The van der Waals surface area contributed by atoms with E-state index in [1.807, 2.05) is 11.5 Å². The second-order valence-corrected chi connectivity index (χ2v) is 4.03. The number of aromatic nitrogens is 3. The second kappa shape index (κ2) is 6.08. The summed E-state index contributed by atoms with van der Waals surface area (Å²) in [5.74, 6) is 1.65. The van der Waals surface area contributed by atoms with Gasteiger partial charge in [0.25, 0.3) is 0 Å². The van der Waals surface area contributed by atoms with Crippen LogP contribution in [0.2, 0.25) is 0 Å². The highest BCUT2D eigenvalue weighted by Gasteiger charge is 2.18. The average molecular weight is 232 g/mol. The first kappa shape index (κ1) is 12.5. The largest absolute Gasteiger partial charge is 0.380 e. The SMILES string of the molecule is CCOCC(C(C)C)n1cnnc1CCl. The molecular weight excluding hydrogens is 214 g/mol. The van der Waals surface area contributed by atoms with Gasteiger partial charge in [0.1, 0.15) is 12.2 Å². The zero-order valence-corrected chi connectivity index (χ0v) is 10.2. The third-order valence-corrected chi connectivity index (χ3v) is 2.63. The van der Waals surface area contributed by atoms with Crippen LogP contribution < -0.4 is 0 Å². The standard InChI is InChI=1S/C10H18ClN3O/c1-4-15-6-9(8(2)3)14-7-12-13-10(14)5-11/h7-9H,4-6H2,1-3H3. The maximum absolute atomic E-state index is 5.79. The first-order chi connectivity index (χ1) is 7.20. The molecule has 0 bridgehead atoms. The molecule has 0 aromatic carbocycles. The van der Waals surface area contributed by atoms with Crippen LogP contribution in [0.1, 0.15) is 32.6 Å². The van der Waals surface area contributed by atoms with Gasteiger partial charge in [0.05, 0.1) is 18.5 Å². The normalized spacial score (nSPS) is 13.4. The van der Waals surface area contributed by atoms with Crippen LogP contribution in [0.5, 0.6) is 0 Å². The van der Waals surface area contributed by atoms with Crippen LogP contribution in [-0.2, 0) is 10.6 Å². The van der Waals surface area contributed by atoms with Crippen LogP contribution in [0.25, 0.3) is 0 Å². The molecular formula is C10H18ClN3O. The molecule has 1 unspecified atom stereocenters. The number of halogens is 1. The van der Waals surface area contributed by atoms with E-state index in [-0.39, 0.29) is 6.04 Å². The molecule has 1 aromatic heterocycles. The van der Waals surface area contributed by atoms with E-state index >= 15 is 0 Å². The Morgan fingerprint density at radius 2 is 2.27 bits per heavy atom. The Morgan fingerprint density at radius 1 is 1.53 bits per heavy atom. The van der Waals surface area contributed by atoms with Gasteiger partial charge in [-0.3, -0.25) is 0 Å². The molecule has 0 aliphatic carbocycles. The van der Waals surface area contributed by atoms with Gasteiger partial charge in [-0.25, -0.2) is 0 Å². The van der Waals surface area contributed by atoms with Crippen molar-refractivity contribution in [3.63, 3.8) is 0 Å². The van der Waals surface area contributed by atoms with Gasteiger partial charge in [-0.1, -0.05) is 13.8 Å². The van der Waals surface area contributed by atoms with Crippen LogP contribution in [0.4, 0.5) is 0 Å². The smallest absolute Gasteiger partial charge is 0.148 e. The predicted molar refractivity (Wildman–Crippen MR) is 59.9 cm³/mol. The molecule has 0 aliphatic heterocycles. The van der Waals surface area contributed by atoms with E-state index in [0.717, 1.165) is 12.4 Å². The van der Waals surface area contributed by atoms with Crippen LogP contribution in [0.15, 0.2) is 6.33 Å². The lowest BCUT2D eigenvalue weighted by Gasteiger charge is -2.22. The molecule has 4 nitrogen and oxygen atoms in total. The quantitative estimate of drug-likeness (QED) is 0.705. The van der Waals surface area contributed by atoms with Crippen molar-refractivity contribution in [3.8, 4) is 0 Å². The first-order valence-electron chi connectivity index (χ1n) is 5.22. The fraction of sp³-hybridized carbons (Fsp3) is 0.800. The molecule has 0 saturated carbocycles. The lowest BCUT2D eigenvalue weighted by molar-refractivity contribution is 0.0954. The number of rotatable bonds is 6.